The Kier molecular flexibility index (Phi) is 2.65. The second-order valence-electron chi connectivity index (χ2n) is 6.75. The van der Waals surface area contributed by atoms with Crippen LogP contribution in [0.2, 0.25) is 0 Å². The highest BCUT2D eigenvalue weighted by Gasteiger charge is 2.65. The summed E-state index contributed by atoms with van der Waals surface area (Å²) >= 11 is 0. The number of H-pyrrole nitrogens is 1. The third-order valence-corrected chi connectivity index (χ3v) is 5.29. The molecule has 1 heterocycles. The molecule has 1 spiro atoms. The summed E-state index contributed by atoms with van der Waals surface area (Å²) in [6.07, 6.45) is 4.39. The van der Waals surface area contributed by atoms with Crippen molar-refractivity contribution in [3.8, 4) is 0 Å². The van der Waals surface area contributed by atoms with Gasteiger partial charge in [0.05, 0.1) is 11.0 Å². The first kappa shape index (κ1) is 12.9. The molecule has 0 aliphatic heterocycles. The van der Waals surface area contributed by atoms with Crippen LogP contribution in [0.1, 0.15) is 36.2 Å². The molecule has 2 aliphatic rings. The van der Waals surface area contributed by atoms with E-state index in [4.69, 9.17) is 0 Å². The highest BCUT2D eigenvalue weighted by Crippen LogP contribution is 2.70. The van der Waals surface area contributed by atoms with Crippen LogP contribution in [0, 0.1) is 25.2 Å². The molecular weight excluding hydrogens is 262 g/mol. The van der Waals surface area contributed by atoms with Gasteiger partial charge in [-0.3, -0.25) is 4.79 Å². The molecule has 1 atom stereocenters. The standard InChI is InChI=1S/C17H21N3O/c1-10-3-4-13-15(11(10)2)20-14(19-13)5-8-18-16(21)12-9-17(12)6-7-17/h3-4,12H,5-9H2,1-2H3,(H,18,21)(H,19,20)/t12-/m1/s1. The summed E-state index contributed by atoms with van der Waals surface area (Å²) in [5.41, 5.74) is 5.07. The van der Waals surface area contributed by atoms with E-state index in [1.165, 1.54) is 24.0 Å². The van der Waals surface area contributed by atoms with Crippen LogP contribution >= 0.6 is 0 Å². The summed E-state index contributed by atoms with van der Waals surface area (Å²) in [5.74, 6) is 1.50. The Morgan fingerprint density at radius 3 is 2.95 bits per heavy atom. The van der Waals surface area contributed by atoms with Gasteiger partial charge in [-0.1, -0.05) is 6.07 Å². The number of hydrogen-bond donors (Lipinski definition) is 2. The number of fused-ring (bicyclic) bond motifs is 1. The molecule has 1 aromatic carbocycles. The maximum Gasteiger partial charge on any atom is 0.223 e. The Labute approximate surface area is 124 Å². The molecule has 4 heteroatoms. The van der Waals surface area contributed by atoms with Gasteiger partial charge >= 0.3 is 0 Å². The van der Waals surface area contributed by atoms with Gasteiger partial charge < -0.3 is 10.3 Å². The number of imidazole rings is 1. The highest BCUT2D eigenvalue weighted by molar-refractivity contribution is 5.83. The van der Waals surface area contributed by atoms with E-state index in [2.05, 4.69) is 41.3 Å². The summed E-state index contributed by atoms with van der Waals surface area (Å²) in [5, 5.41) is 3.06. The van der Waals surface area contributed by atoms with Gasteiger partial charge in [-0.25, -0.2) is 4.98 Å². The van der Waals surface area contributed by atoms with E-state index in [1.807, 2.05) is 0 Å². The van der Waals surface area contributed by atoms with E-state index in [0.717, 1.165) is 29.7 Å². The van der Waals surface area contributed by atoms with Gasteiger partial charge in [-0.15, -0.1) is 0 Å². The summed E-state index contributed by atoms with van der Waals surface area (Å²) in [6.45, 7) is 4.88. The normalized spacial score (nSPS) is 21.7. The van der Waals surface area contributed by atoms with Crippen molar-refractivity contribution in [1.82, 2.24) is 15.3 Å². The van der Waals surface area contributed by atoms with Crippen molar-refractivity contribution in [3.63, 3.8) is 0 Å². The number of carbonyl (C=O) groups is 1. The average molecular weight is 283 g/mol. The topological polar surface area (TPSA) is 57.8 Å². The summed E-state index contributed by atoms with van der Waals surface area (Å²) in [4.78, 5) is 20.0. The molecule has 1 aromatic heterocycles. The van der Waals surface area contributed by atoms with E-state index >= 15 is 0 Å². The van der Waals surface area contributed by atoms with Crippen LogP contribution in [0.5, 0.6) is 0 Å². The molecule has 0 saturated heterocycles. The lowest BCUT2D eigenvalue weighted by Gasteiger charge is -2.02. The summed E-state index contributed by atoms with van der Waals surface area (Å²) < 4.78 is 0. The predicted molar refractivity (Wildman–Crippen MR) is 82.1 cm³/mol. The van der Waals surface area contributed by atoms with Crippen LogP contribution in [0.15, 0.2) is 12.1 Å². The Morgan fingerprint density at radius 2 is 2.24 bits per heavy atom. The van der Waals surface area contributed by atoms with Gasteiger partial charge in [0, 0.05) is 18.9 Å². The van der Waals surface area contributed by atoms with Crippen molar-refractivity contribution in [3.05, 3.63) is 29.1 Å². The molecule has 0 radical (unpaired) electrons. The number of aryl methyl sites for hydroxylation is 2. The monoisotopic (exact) mass is 283 g/mol. The van der Waals surface area contributed by atoms with Crippen molar-refractivity contribution >= 4 is 16.9 Å². The Morgan fingerprint density at radius 1 is 1.43 bits per heavy atom. The number of amides is 1. The van der Waals surface area contributed by atoms with Crippen LogP contribution in [-0.2, 0) is 11.2 Å². The van der Waals surface area contributed by atoms with E-state index in [0.29, 0.717) is 17.9 Å². The third-order valence-electron chi connectivity index (χ3n) is 5.29. The van der Waals surface area contributed by atoms with E-state index < -0.39 is 0 Å². The number of benzene rings is 1. The average Bonchev–Trinajstić information content (AvgIpc) is 3.36. The fraction of sp³-hybridized carbons (Fsp3) is 0.529. The van der Waals surface area contributed by atoms with Crippen LogP contribution in [0.25, 0.3) is 11.0 Å². The van der Waals surface area contributed by atoms with Crippen LogP contribution in [-0.4, -0.2) is 22.4 Å². The van der Waals surface area contributed by atoms with Gasteiger partial charge in [-0.05, 0) is 55.7 Å². The second kappa shape index (κ2) is 4.33. The number of aromatic nitrogens is 2. The maximum absolute atomic E-state index is 12.0. The lowest BCUT2D eigenvalue weighted by molar-refractivity contribution is -0.122. The Balaban J connectivity index is 1.38. The zero-order valence-electron chi connectivity index (χ0n) is 12.6. The number of aromatic amines is 1. The molecule has 4 rings (SSSR count). The number of nitrogens with one attached hydrogen (secondary N) is 2. The predicted octanol–water partition coefficient (Wildman–Crippen LogP) is 2.64. The van der Waals surface area contributed by atoms with Crippen LogP contribution in [0.4, 0.5) is 0 Å². The molecular formula is C17H21N3O. The van der Waals surface area contributed by atoms with Crippen molar-refractivity contribution in [1.29, 1.82) is 0 Å². The minimum Gasteiger partial charge on any atom is -0.355 e. The number of carbonyl (C=O) groups excluding carboxylic acids is 1. The molecule has 2 fully saturated rings. The van der Waals surface area contributed by atoms with E-state index in [9.17, 15) is 4.79 Å². The molecule has 2 aliphatic carbocycles. The van der Waals surface area contributed by atoms with Crippen molar-refractivity contribution < 1.29 is 4.79 Å². The molecule has 4 nitrogen and oxygen atoms in total. The number of rotatable bonds is 4. The minimum atomic E-state index is 0.246. The number of nitrogens with zero attached hydrogens (tertiary/aromatic N) is 1. The molecule has 2 saturated carbocycles. The van der Waals surface area contributed by atoms with Crippen LogP contribution < -0.4 is 5.32 Å². The molecule has 0 bridgehead atoms. The molecule has 110 valence electrons. The summed E-state index contributed by atoms with van der Waals surface area (Å²) in [7, 11) is 0. The first-order valence-corrected chi connectivity index (χ1v) is 7.82. The highest BCUT2D eigenvalue weighted by atomic mass is 16.2. The van der Waals surface area contributed by atoms with E-state index in [-0.39, 0.29) is 5.91 Å². The molecule has 2 aromatic rings. The molecule has 1 amide bonds. The molecule has 0 unspecified atom stereocenters. The lowest BCUT2D eigenvalue weighted by Crippen LogP contribution is -2.28. The maximum atomic E-state index is 12.0. The van der Waals surface area contributed by atoms with Gasteiger partial charge in [0.2, 0.25) is 5.91 Å². The molecule has 2 N–H and O–H groups in total. The summed E-state index contributed by atoms with van der Waals surface area (Å²) in [6, 6.07) is 4.19. The van der Waals surface area contributed by atoms with Crippen LogP contribution in [0.3, 0.4) is 0 Å². The quantitative estimate of drug-likeness (QED) is 0.906. The zero-order valence-corrected chi connectivity index (χ0v) is 12.6. The smallest absolute Gasteiger partial charge is 0.223 e. The zero-order chi connectivity index (χ0) is 14.6. The Hall–Kier alpha value is -1.84. The SMILES string of the molecule is Cc1ccc2[nH]c(CCNC(=O)[C@H]3CC34CC4)nc2c1C. The van der Waals surface area contributed by atoms with Gasteiger partial charge in [-0.2, -0.15) is 0 Å². The Bertz CT molecular complexity index is 727. The largest absolute Gasteiger partial charge is 0.355 e. The first-order chi connectivity index (χ1) is 10.1. The minimum absolute atomic E-state index is 0.246. The lowest BCUT2D eigenvalue weighted by atomic mass is 10.1. The van der Waals surface area contributed by atoms with Gasteiger partial charge in [0.1, 0.15) is 5.82 Å². The van der Waals surface area contributed by atoms with Gasteiger partial charge in [0.15, 0.2) is 0 Å². The first-order valence-electron chi connectivity index (χ1n) is 7.82. The fourth-order valence-electron chi connectivity index (χ4n) is 3.34. The van der Waals surface area contributed by atoms with Crippen molar-refractivity contribution in [2.75, 3.05) is 6.54 Å². The van der Waals surface area contributed by atoms with Crippen molar-refractivity contribution in [2.45, 2.75) is 39.5 Å². The molecule has 21 heavy (non-hydrogen) atoms. The van der Waals surface area contributed by atoms with E-state index in [1.54, 1.807) is 0 Å². The second-order valence-corrected chi connectivity index (χ2v) is 6.75. The van der Waals surface area contributed by atoms with Crippen molar-refractivity contribution in [2.24, 2.45) is 11.3 Å². The van der Waals surface area contributed by atoms with Gasteiger partial charge in [0.25, 0.3) is 0 Å². The fourth-order valence-corrected chi connectivity index (χ4v) is 3.34. The number of hydrogen-bond acceptors (Lipinski definition) is 2. The third kappa shape index (κ3) is 2.13.